The van der Waals surface area contributed by atoms with Gasteiger partial charge in [-0.15, -0.1) is 0 Å². The smallest absolute Gasteiger partial charge is 0.166 e. The molecular weight excluding hydrogens is 236 g/mol. The minimum atomic E-state index is -0.438. The van der Waals surface area contributed by atoms with Gasteiger partial charge in [-0.05, 0) is 30.5 Å². The van der Waals surface area contributed by atoms with Crippen LogP contribution in [0.3, 0.4) is 0 Å². The van der Waals surface area contributed by atoms with Crippen molar-refractivity contribution in [3.05, 3.63) is 34.9 Å². The number of halogens is 1. The number of ketones is 1. The second-order valence-corrected chi connectivity index (χ2v) is 4.46. The van der Waals surface area contributed by atoms with Gasteiger partial charge < -0.3 is 4.74 Å². The third-order valence-electron chi connectivity index (χ3n) is 2.45. The van der Waals surface area contributed by atoms with Gasteiger partial charge in [0.25, 0.3) is 0 Å². The van der Waals surface area contributed by atoms with Crippen molar-refractivity contribution in [2.24, 2.45) is 0 Å². The van der Waals surface area contributed by atoms with Crippen LogP contribution in [-0.2, 0) is 9.53 Å². The zero-order valence-electron chi connectivity index (χ0n) is 10.4. The Morgan fingerprint density at radius 3 is 2.41 bits per heavy atom. The van der Waals surface area contributed by atoms with Crippen molar-refractivity contribution < 1.29 is 9.53 Å². The number of benzene rings is 1. The fourth-order valence-electron chi connectivity index (χ4n) is 1.63. The average Bonchev–Trinajstić information content (AvgIpc) is 2.32. The molecule has 0 spiro atoms. The molecule has 94 valence electrons. The lowest BCUT2D eigenvalue weighted by molar-refractivity contribution is -0.131. The van der Waals surface area contributed by atoms with Gasteiger partial charge in [0.2, 0.25) is 0 Å². The van der Waals surface area contributed by atoms with Crippen molar-refractivity contribution in [1.82, 2.24) is 0 Å². The van der Waals surface area contributed by atoms with Gasteiger partial charge in [-0.2, -0.15) is 0 Å². The van der Waals surface area contributed by atoms with Gasteiger partial charge in [0.15, 0.2) is 5.78 Å². The normalized spacial score (nSPS) is 12.4. The van der Waals surface area contributed by atoms with Gasteiger partial charge >= 0.3 is 0 Å². The van der Waals surface area contributed by atoms with Crippen LogP contribution in [0.25, 0.3) is 0 Å². The standard InChI is InChI=1S/C14H19ClO2/c1-3-5-13(16)14(17-10-4-2)11-6-8-12(15)9-7-11/h6-9,14H,3-5,10H2,1-2H3. The van der Waals surface area contributed by atoms with Crippen LogP contribution in [0.1, 0.15) is 44.8 Å². The number of hydrogen-bond acceptors (Lipinski definition) is 2. The van der Waals surface area contributed by atoms with E-state index in [1.807, 2.05) is 26.0 Å². The van der Waals surface area contributed by atoms with E-state index in [1.165, 1.54) is 0 Å². The molecule has 1 aromatic carbocycles. The monoisotopic (exact) mass is 254 g/mol. The maximum Gasteiger partial charge on any atom is 0.166 e. The summed E-state index contributed by atoms with van der Waals surface area (Å²) in [6.45, 7) is 4.63. The van der Waals surface area contributed by atoms with Gasteiger partial charge in [0.1, 0.15) is 6.10 Å². The molecule has 0 amide bonds. The summed E-state index contributed by atoms with van der Waals surface area (Å²) < 4.78 is 5.64. The van der Waals surface area contributed by atoms with E-state index in [4.69, 9.17) is 16.3 Å². The SMILES string of the molecule is CCCOC(C(=O)CCC)c1ccc(Cl)cc1. The second-order valence-electron chi connectivity index (χ2n) is 4.02. The third-order valence-corrected chi connectivity index (χ3v) is 2.70. The van der Waals surface area contributed by atoms with E-state index in [2.05, 4.69) is 0 Å². The van der Waals surface area contributed by atoms with E-state index in [9.17, 15) is 4.79 Å². The summed E-state index contributed by atoms with van der Waals surface area (Å²) in [5, 5.41) is 0.672. The van der Waals surface area contributed by atoms with E-state index in [1.54, 1.807) is 12.1 Å². The summed E-state index contributed by atoms with van der Waals surface area (Å²) in [6, 6.07) is 7.29. The van der Waals surface area contributed by atoms with Crippen molar-refractivity contribution in [1.29, 1.82) is 0 Å². The zero-order valence-corrected chi connectivity index (χ0v) is 11.2. The van der Waals surface area contributed by atoms with Crippen LogP contribution >= 0.6 is 11.6 Å². The summed E-state index contributed by atoms with van der Waals surface area (Å²) in [7, 11) is 0. The Bertz CT molecular complexity index is 346. The van der Waals surface area contributed by atoms with Crippen molar-refractivity contribution >= 4 is 17.4 Å². The molecular formula is C14H19ClO2. The first kappa shape index (κ1) is 14.2. The minimum absolute atomic E-state index is 0.142. The summed E-state index contributed by atoms with van der Waals surface area (Å²) in [5.41, 5.74) is 0.890. The van der Waals surface area contributed by atoms with Crippen molar-refractivity contribution in [2.45, 2.75) is 39.2 Å². The van der Waals surface area contributed by atoms with Crippen LogP contribution in [0.15, 0.2) is 24.3 Å². The highest BCUT2D eigenvalue weighted by atomic mass is 35.5. The predicted molar refractivity (Wildman–Crippen MR) is 70.4 cm³/mol. The van der Waals surface area contributed by atoms with E-state index >= 15 is 0 Å². The molecule has 17 heavy (non-hydrogen) atoms. The van der Waals surface area contributed by atoms with E-state index in [-0.39, 0.29) is 5.78 Å². The molecule has 0 heterocycles. The average molecular weight is 255 g/mol. The van der Waals surface area contributed by atoms with E-state index in [0.717, 1.165) is 18.4 Å². The van der Waals surface area contributed by atoms with Gasteiger partial charge in [-0.25, -0.2) is 0 Å². The summed E-state index contributed by atoms with van der Waals surface area (Å²) >= 11 is 5.84. The van der Waals surface area contributed by atoms with Crippen LogP contribution in [0.2, 0.25) is 5.02 Å². The van der Waals surface area contributed by atoms with Crippen LogP contribution in [0.4, 0.5) is 0 Å². The first-order chi connectivity index (χ1) is 8.19. The molecule has 3 heteroatoms. The maximum atomic E-state index is 12.0. The highest BCUT2D eigenvalue weighted by Crippen LogP contribution is 2.22. The number of ether oxygens (including phenoxy) is 1. The summed E-state index contributed by atoms with van der Waals surface area (Å²) in [5.74, 6) is 0.142. The first-order valence-corrected chi connectivity index (χ1v) is 6.46. The van der Waals surface area contributed by atoms with Crippen LogP contribution in [0, 0.1) is 0 Å². The Kier molecular flexibility index (Phi) is 6.23. The molecule has 0 aliphatic heterocycles. The molecule has 0 N–H and O–H groups in total. The largest absolute Gasteiger partial charge is 0.366 e. The van der Waals surface area contributed by atoms with E-state index in [0.29, 0.717) is 18.1 Å². The molecule has 1 rings (SSSR count). The topological polar surface area (TPSA) is 26.3 Å². The third kappa shape index (κ3) is 4.49. The van der Waals surface area contributed by atoms with Crippen molar-refractivity contribution in [3.63, 3.8) is 0 Å². The van der Waals surface area contributed by atoms with Crippen LogP contribution in [0.5, 0.6) is 0 Å². The van der Waals surface area contributed by atoms with Crippen molar-refractivity contribution in [2.75, 3.05) is 6.61 Å². The number of Topliss-reactive ketones (excluding diaryl/α,β-unsaturated/α-hetero) is 1. The van der Waals surface area contributed by atoms with Crippen LogP contribution < -0.4 is 0 Å². The van der Waals surface area contributed by atoms with Crippen molar-refractivity contribution in [3.8, 4) is 0 Å². The molecule has 1 atom stereocenters. The zero-order chi connectivity index (χ0) is 12.7. The molecule has 2 nitrogen and oxygen atoms in total. The summed E-state index contributed by atoms with van der Waals surface area (Å²) in [6.07, 6.45) is 1.87. The molecule has 0 fully saturated rings. The molecule has 0 aliphatic rings. The molecule has 0 bridgehead atoms. The van der Waals surface area contributed by atoms with Gasteiger partial charge in [-0.1, -0.05) is 37.6 Å². The number of hydrogen-bond donors (Lipinski definition) is 0. The fraction of sp³-hybridized carbons (Fsp3) is 0.500. The highest BCUT2D eigenvalue weighted by Gasteiger charge is 2.19. The fourth-order valence-corrected chi connectivity index (χ4v) is 1.75. The molecule has 0 aliphatic carbocycles. The molecule has 1 aromatic rings. The van der Waals surface area contributed by atoms with Gasteiger partial charge in [0, 0.05) is 18.1 Å². The Balaban J connectivity index is 2.81. The molecule has 0 aromatic heterocycles. The second kappa shape index (κ2) is 7.46. The Morgan fingerprint density at radius 2 is 1.88 bits per heavy atom. The molecule has 0 saturated heterocycles. The lowest BCUT2D eigenvalue weighted by Gasteiger charge is -2.16. The Hall–Kier alpha value is -0.860. The minimum Gasteiger partial charge on any atom is -0.366 e. The van der Waals surface area contributed by atoms with E-state index < -0.39 is 6.10 Å². The highest BCUT2D eigenvalue weighted by molar-refractivity contribution is 6.30. The maximum absolute atomic E-state index is 12.0. The Labute approximate surface area is 108 Å². The molecule has 1 unspecified atom stereocenters. The predicted octanol–water partition coefficient (Wildman–Crippen LogP) is 4.18. The number of carbonyl (C=O) groups excluding carboxylic acids is 1. The Morgan fingerprint density at radius 1 is 1.24 bits per heavy atom. The molecule has 0 saturated carbocycles. The van der Waals surface area contributed by atoms with Gasteiger partial charge in [0.05, 0.1) is 0 Å². The van der Waals surface area contributed by atoms with Gasteiger partial charge in [-0.3, -0.25) is 4.79 Å². The summed E-state index contributed by atoms with van der Waals surface area (Å²) in [4.78, 5) is 12.0. The van der Waals surface area contributed by atoms with Crippen LogP contribution in [-0.4, -0.2) is 12.4 Å². The molecule has 0 radical (unpaired) electrons. The quantitative estimate of drug-likeness (QED) is 0.730. The number of carbonyl (C=O) groups is 1. The number of rotatable bonds is 7. The lowest BCUT2D eigenvalue weighted by Crippen LogP contribution is -2.16. The lowest BCUT2D eigenvalue weighted by atomic mass is 10.0. The first-order valence-electron chi connectivity index (χ1n) is 6.08.